The molecule has 0 N–H and O–H groups in total. The summed E-state index contributed by atoms with van der Waals surface area (Å²) in [5.41, 5.74) is 11.9. The number of allylic oxidation sites excluding steroid dienone is 1. The van der Waals surface area contributed by atoms with Gasteiger partial charge in [0.1, 0.15) is 0 Å². The van der Waals surface area contributed by atoms with Crippen molar-refractivity contribution in [1.29, 1.82) is 0 Å². The van der Waals surface area contributed by atoms with E-state index in [0.717, 1.165) is 77.3 Å². The van der Waals surface area contributed by atoms with Crippen molar-refractivity contribution in [2.75, 3.05) is 0 Å². The largest absolute Gasteiger partial charge is 0.262 e. The fourth-order valence-corrected chi connectivity index (χ4v) is 7.24. The van der Waals surface area contributed by atoms with Gasteiger partial charge in [-0.3, -0.25) is 9.98 Å². The van der Waals surface area contributed by atoms with Crippen LogP contribution in [-0.4, -0.2) is 21.7 Å². The molecule has 9 aromatic rings. The SMILES string of the molecule is C=Nc1c(/C(=C\C)c2ccc(-c3ccc4ccc5c(-c6cccc7ccccc67)c6ccccc6nc5c4n3)cc2)ccc2cccnc12. The third-order valence-corrected chi connectivity index (χ3v) is 9.55. The Morgan fingerprint density at radius 1 is 0.592 bits per heavy atom. The van der Waals surface area contributed by atoms with Crippen molar-refractivity contribution in [2.45, 2.75) is 6.92 Å². The molecule has 4 heteroatoms. The minimum absolute atomic E-state index is 0.793. The third kappa shape index (κ3) is 4.68. The summed E-state index contributed by atoms with van der Waals surface area (Å²) < 4.78 is 0. The Kier molecular flexibility index (Phi) is 6.80. The lowest BCUT2D eigenvalue weighted by Crippen LogP contribution is -1.94. The van der Waals surface area contributed by atoms with E-state index < -0.39 is 0 Å². The molecule has 0 saturated heterocycles. The molecule has 3 heterocycles. The molecule has 3 aromatic heterocycles. The molecule has 0 aliphatic rings. The number of fused-ring (bicyclic) bond motifs is 6. The first kappa shape index (κ1) is 28.7. The van der Waals surface area contributed by atoms with Crippen molar-refractivity contribution in [3.8, 4) is 22.4 Å². The zero-order valence-electron chi connectivity index (χ0n) is 26.9. The number of benzene rings is 6. The van der Waals surface area contributed by atoms with Gasteiger partial charge in [-0.1, -0.05) is 127 Å². The second-order valence-electron chi connectivity index (χ2n) is 12.2. The highest BCUT2D eigenvalue weighted by molar-refractivity contribution is 6.19. The summed E-state index contributed by atoms with van der Waals surface area (Å²) in [4.78, 5) is 19.5. The molecule has 0 saturated carbocycles. The van der Waals surface area contributed by atoms with Crippen LogP contribution in [0.5, 0.6) is 0 Å². The Hall–Kier alpha value is -6.52. The number of nitrogens with zero attached hydrogens (tertiary/aromatic N) is 4. The number of aromatic nitrogens is 3. The number of hydrogen-bond acceptors (Lipinski definition) is 4. The summed E-state index contributed by atoms with van der Waals surface area (Å²) in [5.74, 6) is 0. The molecule has 0 unspecified atom stereocenters. The highest BCUT2D eigenvalue weighted by Gasteiger charge is 2.17. The van der Waals surface area contributed by atoms with Crippen molar-refractivity contribution in [3.63, 3.8) is 0 Å². The van der Waals surface area contributed by atoms with Gasteiger partial charge in [0.2, 0.25) is 0 Å². The van der Waals surface area contributed by atoms with Crippen LogP contribution in [0.4, 0.5) is 5.69 Å². The van der Waals surface area contributed by atoms with E-state index >= 15 is 0 Å². The molecule has 0 amide bonds. The standard InChI is InChI=1S/C45H30N4/c1-3-33(36-24-21-31-12-9-27-47-42(31)44(36)46-2)29-17-19-30(20-18-29)39-26-23-32-22-25-38-41(35-15-8-11-28-10-4-5-13-34(28)35)37-14-6-7-16-40(37)49-45(38)43(32)48-39/h3-27H,2H2,1H3/b33-3-. The first-order valence-electron chi connectivity index (χ1n) is 16.4. The average Bonchev–Trinajstić information content (AvgIpc) is 3.17. The molecule has 0 bridgehead atoms. The topological polar surface area (TPSA) is 51.0 Å². The van der Waals surface area contributed by atoms with E-state index in [1.807, 2.05) is 12.1 Å². The van der Waals surface area contributed by atoms with Crippen molar-refractivity contribution < 1.29 is 0 Å². The number of pyridine rings is 3. The van der Waals surface area contributed by atoms with Gasteiger partial charge in [-0.05, 0) is 59.3 Å². The quantitative estimate of drug-likeness (QED) is 0.108. The summed E-state index contributed by atoms with van der Waals surface area (Å²) in [5, 5.41) is 6.77. The lowest BCUT2D eigenvalue weighted by atomic mass is 9.91. The molecular formula is C45H30N4. The van der Waals surface area contributed by atoms with Gasteiger partial charge in [-0.25, -0.2) is 9.97 Å². The Morgan fingerprint density at radius 3 is 2.18 bits per heavy atom. The number of hydrogen-bond donors (Lipinski definition) is 0. The molecule has 0 aliphatic carbocycles. The Morgan fingerprint density at radius 2 is 1.33 bits per heavy atom. The van der Waals surface area contributed by atoms with Gasteiger partial charge in [0, 0.05) is 44.4 Å². The molecular weight excluding hydrogens is 597 g/mol. The van der Waals surface area contributed by atoms with Gasteiger partial charge < -0.3 is 0 Å². The monoisotopic (exact) mass is 626 g/mol. The van der Waals surface area contributed by atoms with E-state index in [4.69, 9.17) is 9.97 Å². The lowest BCUT2D eigenvalue weighted by molar-refractivity contribution is 1.38. The van der Waals surface area contributed by atoms with Crippen molar-refractivity contribution in [1.82, 2.24) is 15.0 Å². The maximum atomic E-state index is 5.28. The molecule has 230 valence electrons. The van der Waals surface area contributed by atoms with Gasteiger partial charge in [-0.2, -0.15) is 0 Å². The fraction of sp³-hybridized carbons (Fsp3) is 0.0222. The van der Waals surface area contributed by atoms with Crippen LogP contribution < -0.4 is 0 Å². The molecule has 6 aromatic carbocycles. The zero-order valence-corrected chi connectivity index (χ0v) is 26.9. The van der Waals surface area contributed by atoms with Crippen molar-refractivity contribution >= 4 is 72.4 Å². The van der Waals surface area contributed by atoms with E-state index in [2.05, 4.69) is 157 Å². The van der Waals surface area contributed by atoms with Crippen molar-refractivity contribution in [3.05, 3.63) is 163 Å². The molecule has 9 rings (SSSR count). The van der Waals surface area contributed by atoms with E-state index in [0.29, 0.717) is 0 Å². The van der Waals surface area contributed by atoms with Crippen LogP contribution in [-0.2, 0) is 0 Å². The number of rotatable bonds is 5. The number of aliphatic imine (C=N–C) groups is 1. The second kappa shape index (κ2) is 11.6. The van der Waals surface area contributed by atoms with Crippen molar-refractivity contribution in [2.24, 2.45) is 4.99 Å². The predicted molar refractivity (Wildman–Crippen MR) is 207 cm³/mol. The van der Waals surface area contributed by atoms with Gasteiger partial charge in [0.15, 0.2) is 0 Å². The maximum Gasteiger partial charge on any atom is 0.0978 e. The Labute approximate surface area is 283 Å². The smallest absolute Gasteiger partial charge is 0.0978 e. The van der Waals surface area contributed by atoms with Crippen LogP contribution in [0, 0.1) is 0 Å². The first-order chi connectivity index (χ1) is 24.2. The Balaban J connectivity index is 1.18. The van der Waals surface area contributed by atoms with Gasteiger partial charge in [0.05, 0.1) is 33.4 Å². The van der Waals surface area contributed by atoms with Crippen LogP contribution in [0.1, 0.15) is 18.1 Å². The van der Waals surface area contributed by atoms with Crippen LogP contribution >= 0.6 is 0 Å². The summed E-state index contributed by atoms with van der Waals surface area (Å²) in [6, 6.07) is 49.0. The van der Waals surface area contributed by atoms with Gasteiger partial charge in [0.25, 0.3) is 0 Å². The van der Waals surface area contributed by atoms with E-state index in [9.17, 15) is 0 Å². The maximum absolute atomic E-state index is 5.28. The Bertz CT molecular complexity index is 2790. The van der Waals surface area contributed by atoms with Crippen LogP contribution in [0.25, 0.3) is 82.3 Å². The van der Waals surface area contributed by atoms with E-state index in [1.165, 1.54) is 21.9 Å². The fourth-order valence-electron chi connectivity index (χ4n) is 7.24. The summed E-state index contributed by atoms with van der Waals surface area (Å²) in [7, 11) is 0. The third-order valence-electron chi connectivity index (χ3n) is 9.55. The van der Waals surface area contributed by atoms with E-state index in [-0.39, 0.29) is 0 Å². The molecule has 0 aliphatic heterocycles. The summed E-state index contributed by atoms with van der Waals surface area (Å²) >= 11 is 0. The minimum atomic E-state index is 0.793. The highest BCUT2D eigenvalue weighted by atomic mass is 14.8. The molecule has 4 nitrogen and oxygen atoms in total. The van der Waals surface area contributed by atoms with Crippen LogP contribution in [0.3, 0.4) is 0 Å². The van der Waals surface area contributed by atoms with E-state index in [1.54, 1.807) is 6.20 Å². The number of para-hydroxylation sites is 1. The van der Waals surface area contributed by atoms with Crippen LogP contribution in [0.15, 0.2) is 157 Å². The normalized spacial score (nSPS) is 12.0. The molecule has 49 heavy (non-hydrogen) atoms. The molecule has 0 radical (unpaired) electrons. The molecule has 0 spiro atoms. The highest BCUT2D eigenvalue weighted by Crippen LogP contribution is 2.41. The first-order valence-corrected chi connectivity index (χ1v) is 16.4. The van der Waals surface area contributed by atoms with Crippen LogP contribution in [0.2, 0.25) is 0 Å². The summed E-state index contributed by atoms with van der Waals surface area (Å²) in [6.07, 6.45) is 3.92. The predicted octanol–water partition coefficient (Wildman–Crippen LogP) is 11.8. The summed E-state index contributed by atoms with van der Waals surface area (Å²) in [6.45, 7) is 5.93. The van der Waals surface area contributed by atoms with Gasteiger partial charge >= 0.3 is 0 Å². The molecule has 0 atom stereocenters. The van der Waals surface area contributed by atoms with Gasteiger partial charge in [-0.15, -0.1) is 0 Å². The zero-order chi connectivity index (χ0) is 32.9. The lowest BCUT2D eigenvalue weighted by Gasteiger charge is -2.15. The molecule has 0 fully saturated rings. The second-order valence-corrected chi connectivity index (χ2v) is 12.2. The minimum Gasteiger partial charge on any atom is -0.262 e. The average molecular weight is 627 g/mol.